The number of aromatic nitrogens is 1. The second-order valence-electron chi connectivity index (χ2n) is 6.61. The fourth-order valence-corrected chi connectivity index (χ4v) is 3.14. The Morgan fingerprint density at radius 1 is 1.15 bits per heavy atom. The molecular weight excluding hydrogens is 328 g/mol. The van der Waals surface area contributed by atoms with Crippen molar-refractivity contribution in [2.75, 3.05) is 14.1 Å². The summed E-state index contributed by atoms with van der Waals surface area (Å²) in [6, 6.07) is 15.0. The minimum absolute atomic E-state index is 0.230. The molecule has 5 heteroatoms. The number of aromatic hydroxyl groups is 1. The van der Waals surface area contributed by atoms with E-state index < -0.39 is 6.09 Å². The normalized spacial score (nSPS) is 12.5. The summed E-state index contributed by atoms with van der Waals surface area (Å²) in [6.07, 6.45) is 1.68. The molecule has 0 aliphatic heterocycles. The van der Waals surface area contributed by atoms with Crippen molar-refractivity contribution in [3.8, 4) is 5.75 Å². The van der Waals surface area contributed by atoms with Crippen LogP contribution >= 0.6 is 0 Å². The highest BCUT2D eigenvalue weighted by Gasteiger charge is 2.19. The number of rotatable bonds is 5. The first-order valence-corrected chi connectivity index (χ1v) is 8.73. The number of carbonyl (C=O) groups is 1. The summed E-state index contributed by atoms with van der Waals surface area (Å²) in [5.41, 5.74) is 2.51. The molecule has 2 aromatic carbocycles. The summed E-state index contributed by atoms with van der Waals surface area (Å²) >= 11 is 0. The molecule has 0 radical (unpaired) electrons. The molecule has 0 spiro atoms. The summed E-state index contributed by atoms with van der Waals surface area (Å²) in [4.78, 5) is 14.7. The molecule has 1 atom stereocenters. The van der Waals surface area contributed by atoms with E-state index in [1.54, 1.807) is 18.3 Å². The molecule has 1 N–H and O–H groups in total. The minimum Gasteiger partial charge on any atom is -0.508 e. The van der Waals surface area contributed by atoms with Gasteiger partial charge in [0.1, 0.15) is 11.9 Å². The van der Waals surface area contributed by atoms with Crippen molar-refractivity contribution < 1.29 is 14.6 Å². The van der Waals surface area contributed by atoms with E-state index in [2.05, 4.69) is 0 Å². The number of hydrogen-bond acceptors (Lipinski definition) is 4. The maximum Gasteiger partial charge on any atom is 0.419 e. The molecule has 0 saturated heterocycles. The number of hydrogen-bond donors (Lipinski definition) is 1. The molecule has 3 rings (SSSR count). The summed E-state index contributed by atoms with van der Waals surface area (Å²) in [5.74, 6) is 0.230. The highest BCUT2D eigenvalue weighted by molar-refractivity contribution is 5.92. The Labute approximate surface area is 153 Å². The number of ether oxygens (including phenoxy) is 1. The molecule has 3 aromatic rings. The Morgan fingerprint density at radius 3 is 2.54 bits per heavy atom. The molecule has 0 amide bonds. The van der Waals surface area contributed by atoms with Crippen LogP contribution < -0.4 is 0 Å². The third kappa shape index (κ3) is 3.58. The maximum absolute atomic E-state index is 12.7. The zero-order chi connectivity index (χ0) is 18.7. The SMILES string of the molecule is CCC(OC(=O)n1ccc2c(CN(C)C)c(O)ccc21)c1ccccc1. The molecule has 5 nitrogen and oxygen atoms in total. The molecule has 0 bridgehead atoms. The van der Waals surface area contributed by atoms with Crippen LogP contribution in [-0.2, 0) is 11.3 Å². The van der Waals surface area contributed by atoms with Crippen molar-refractivity contribution in [3.63, 3.8) is 0 Å². The van der Waals surface area contributed by atoms with E-state index in [-0.39, 0.29) is 11.9 Å². The Morgan fingerprint density at radius 2 is 1.88 bits per heavy atom. The number of nitrogens with zero attached hydrogens (tertiary/aromatic N) is 2. The van der Waals surface area contributed by atoms with E-state index in [0.29, 0.717) is 13.0 Å². The smallest absolute Gasteiger partial charge is 0.419 e. The lowest BCUT2D eigenvalue weighted by Gasteiger charge is -2.17. The van der Waals surface area contributed by atoms with E-state index in [0.717, 1.165) is 22.0 Å². The minimum atomic E-state index is -0.419. The lowest BCUT2D eigenvalue weighted by Crippen LogP contribution is -2.16. The van der Waals surface area contributed by atoms with Gasteiger partial charge in [0.25, 0.3) is 0 Å². The molecule has 0 aliphatic carbocycles. The van der Waals surface area contributed by atoms with Gasteiger partial charge in [-0.25, -0.2) is 4.79 Å². The molecule has 1 heterocycles. The molecule has 0 fully saturated rings. The van der Waals surface area contributed by atoms with Crippen LogP contribution in [0.3, 0.4) is 0 Å². The van der Waals surface area contributed by atoms with Gasteiger partial charge < -0.3 is 14.7 Å². The second-order valence-corrected chi connectivity index (χ2v) is 6.61. The lowest BCUT2D eigenvalue weighted by molar-refractivity contribution is 0.0974. The Kier molecular flexibility index (Phi) is 5.28. The van der Waals surface area contributed by atoms with Crippen LogP contribution in [0.5, 0.6) is 5.75 Å². The van der Waals surface area contributed by atoms with Gasteiger partial charge in [-0.2, -0.15) is 0 Å². The molecule has 0 saturated carbocycles. The molecule has 136 valence electrons. The van der Waals surface area contributed by atoms with Crippen molar-refractivity contribution in [1.29, 1.82) is 0 Å². The Balaban J connectivity index is 1.91. The van der Waals surface area contributed by atoms with Crippen molar-refractivity contribution in [2.24, 2.45) is 0 Å². The number of phenolic OH excluding ortho intramolecular Hbond substituents is 1. The van der Waals surface area contributed by atoms with E-state index in [4.69, 9.17) is 4.74 Å². The van der Waals surface area contributed by atoms with E-state index in [1.165, 1.54) is 4.57 Å². The van der Waals surface area contributed by atoms with Crippen LogP contribution in [0.25, 0.3) is 10.9 Å². The number of benzene rings is 2. The van der Waals surface area contributed by atoms with E-state index in [1.807, 2.05) is 62.3 Å². The molecular formula is C21H24N2O3. The van der Waals surface area contributed by atoms with E-state index >= 15 is 0 Å². The zero-order valence-corrected chi connectivity index (χ0v) is 15.3. The Bertz CT molecular complexity index is 900. The van der Waals surface area contributed by atoms with Gasteiger partial charge in [0.15, 0.2) is 0 Å². The number of phenols is 1. The van der Waals surface area contributed by atoms with Crippen LogP contribution in [-0.4, -0.2) is 34.8 Å². The first kappa shape index (κ1) is 18.0. The van der Waals surface area contributed by atoms with Crippen molar-refractivity contribution >= 4 is 17.0 Å². The molecule has 1 aromatic heterocycles. The van der Waals surface area contributed by atoms with Crippen LogP contribution in [0.4, 0.5) is 4.79 Å². The maximum atomic E-state index is 12.7. The highest BCUT2D eigenvalue weighted by atomic mass is 16.6. The monoisotopic (exact) mass is 352 g/mol. The van der Waals surface area contributed by atoms with Gasteiger partial charge in [0.2, 0.25) is 0 Å². The summed E-state index contributed by atoms with van der Waals surface area (Å²) < 4.78 is 7.24. The first-order valence-electron chi connectivity index (χ1n) is 8.73. The van der Waals surface area contributed by atoms with Gasteiger partial charge >= 0.3 is 6.09 Å². The largest absolute Gasteiger partial charge is 0.508 e. The van der Waals surface area contributed by atoms with Crippen molar-refractivity contribution in [1.82, 2.24) is 9.47 Å². The van der Waals surface area contributed by atoms with Crippen LogP contribution in [0, 0.1) is 0 Å². The fourth-order valence-electron chi connectivity index (χ4n) is 3.14. The third-order valence-electron chi connectivity index (χ3n) is 4.42. The summed E-state index contributed by atoms with van der Waals surface area (Å²) in [7, 11) is 3.88. The summed E-state index contributed by atoms with van der Waals surface area (Å²) in [6.45, 7) is 2.58. The number of fused-ring (bicyclic) bond motifs is 1. The predicted molar refractivity (Wildman–Crippen MR) is 102 cm³/mol. The van der Waals surface area contributed by atoms with Gasteiger partial charge in [0, 0.05) is 23.7 Å². The lowest BCUT2D eigenvalue weighted by atomic mass is 10.1. The van der Waals surface area contributed by atoms with E-state index in [9.17, 15) is 9.90 Å². The van der Waals surface area contributed by atoms with Gasteiger partial charge in [-0.05, 0) is 44.3 Å². The molecule has 1 unspecified atom stereocenters. The average molecular weight is 352 g/mol. The van der Waals surface area contributed by atoms with Crippen LogP contribution in [0.2, 0.25) is 0 Å². The molecule has 26 heavy (non-hydrogen) atoms. The van der Waals surface area contributed by atoms with Crippen LogP contribution in [0.1, 0.15) is 30.6 Å². The Hall–Kier alpha value is -2.79. The average Bonchev–Trinajstić information content (AvgIpc) is 3.07. The summed E-state index contributed by atoms with van der Waals surface area (Å²) in [5, 5.41) is 11.0. The highest BCUT2D eigenvalue weighted by Crippen LogP contribution is 2.30. The predicted octanol–water partition coefficient (Wildman–Crippen LogP) is 4.54. The quantitative estimate of drug-likeness (QED) is 0.732. The second kappa shape index (κ2) is 7.62. The topological polar surface area (TPSA) is 54.7 Å². The van der Waals surface area contributed by atoms with Gasteiger partial charge in [0.05, 0.1) is 5.52 Å². The standard InChI is InChI=1S/C21H24N2O3/c1-4-20(15-8-6-5-7-9-15)26-21(25)23-13-12-16-17(14-22(2)3)19(24)11-10-18(16)23/h5-13,20,24H,4,14H2,1-3H3. The van der Waals surface area contributed by atoms with Gasteiger partial charge in [-0.1, -0.05) is 37.3 Å². The zero-order valence-electron chi connectivity index (χ0n) is 15.3. The fraction of sp³-hybridized carbons (Fsp3) is 0.286. The number of carbonyl (C=O) groups excluding carboxylic acids is 1. The van der Waals surface area contributed by atoms with Crippen molar-refractivity contribution in [2.45, 2.75) is 26.0 Å². The third-order valence-corrected chi connectivity index (χ3v) is 4.42. The van der Waals surface area contributed by atoms with Crippen molar-refractivity contribution in [3.05, 3.63) is 65.9 Å². The molecule has 0 aliphatic rings. The van der Waals surface area contributed by atoms with Gasteiger partial charge in [-0.15, -0.1) is 0 Å². The van der Waals surface area contributed by atoms with Crippen LogP contribution in [0.15, 0.2) is 54.7 Å². The first-order chi connectivity index (χ1) is 12.5. The van der Waals surface area contributed by atoms with Gasteiger partial charge in [-0.3, -0.25) is 4.57 Å².